The van der Waals surface area contributed by atoms with Crippen LogP contribution < -0.4 is 16.4 Å². The van der Waals surface area contributed by atoms with Crippen molar-refractivity contribution in [2.45, 2.75) is 44.7 Å². The zero-order valence-corrected chi connectivity index (χ0v) is 13.3. The van der Waals surface area contributed by atoms with Crippen LogP contribution in [0.1, 0.15) is 43.1 Å². The van der Waals surface area contributed by atoms with Gasteiger partial charge in [0.1, 0.15) is 23.6 Å². The maximum Gasteiger partial charge on any atom is 0.268 e. The zero-order valence-electron chi connectivity index (χ0n) is 13.3. The van der Waals surface area contributed by atoms with Gasteiger partial charge in [0.15, 0.2) is 0 Å². The Balaban J connectivity index is 1.45. The first kappa shape index (κ1) is 16.2. The Morgan fingerprint density at radius 3 is 2.58 bits per heavy atom. The summed E-state index contributed by atoms with van der Waals surface area (Å²) in [5.74, 6) is -0.311. The molecule has 0 aliphatic heterocycles. The Labute approximate surface area is 138 Å². The van der Waals surface area contributed by atoms with Gasteiger partial charge in [-0.3, -0.25) is 9.59 Å². The third-order valence-electron chi connectivity index (χ3n) is 4.80. The minimum Gasteiger partial charge on any atom is -0.410 e. The van der Waals surface area contributed by atoms with Crippen LogP contribution in [0.2, 0.25) is 0 Å². The van der Waals surface area contributed by atoms with E-state index in [4.69, 9.17) is 10.9 Å². The molecule has 2 saturated carbocycles. The minimum absolute atomic E-state index is 0.0677. The van der Waals surface area contributed by atoms with Gasteiger partial charge in [0.25, 0.3) is 11.8 Å². The van der Waals surface area contributed by atoms with E-state index < -0.39 is 5.91 Å². The van der Waals surface area contributed by atoms with Crippen molar-refractivity contribution in [1.82, 2.24) is 15.3 Å². The molecule has 2 amide bonds. The van der Waals surface area contributed by atoms with Crippen molar-refractivity contribution in [3.05, 3.63) is 18.1 Å². The molecule has 0 saturated heterocycles. The van der Waals surface area contributed by atoms with Gasteiger partial charge in [-0.2, -0.15) is 0 Å². The average Bonchev–Trinajstić information content (AvgIpc) is 2.49. The molecule has 0 atom stereocenters. The molecule has 128 valence electrons. The second-order valence-electron chi connectivity index (χ2n) is 6.67. The van der Waals surface area contributed by atoms with Crippen molar-refractivity contribution >= 4 is 23.3 Å². The standard InChI is InChI=1S/C15H20N6O3/c1-8(21-24)14(23)20-10-5-15(6-10)3-9(4-15)19-12-2-11(13(16)22)17-7-18-12/h2,7,9-10,24H,3-6H2,1H3,(H2,16,22)(H,20,23)(H,17,18,19). The molecule has 1 spiro atoms. The molecule has 0 bridgehead atoms. The molecule has 2 fully saturated rings. The number of oxime groups is 1. The third kappa shape index (κ3) is 3.15. The van der Waals surface area contributed by atoms with Crippen molar-refractivity contribution < 1.29 is 14.8 Å². The van der Waals surface area contributed by atoms with E-state index in [2.05, 4.69) is 25.8 Å². The molecule has 0 aromatic carbocycles. The number of rotatable bonds is 5. The number of hydrogen-bond donors (Lipinski definition) is 4. The van der Waals surface area contributed by atoms with Gasteiger partial charge in [-0.05, 0) is 38.0 Å². The lowest BCUT2D eigenvalue weighted by atomic mass is 9.52. The summed E-state index contributed by atoms with van der Waals surface area (Å²) < 4.78 is 0. The van der Waals surface area contributed by atoms with E-state index in [9.17, 15) is 9.59 Å². The van der Waals surface area contributed by atoms with Crippen LogP contribution in [0.15, 0.2) is 17.5 Å². The summed E-state index contributed by atoms with van der Waals surface area (Å²) >= 11 is 0. The predicted octanol–water partition coefficient (Wildman–Crippen LogP) is 0.265. The summed E-state index contributed by atoms with van der Waals surface area (Å²) in [6.45, 7) is 1.47. The molecular formula is C15H20N6O3. The maximum absolute atomic E-state index is 11.6. The quantitative estimate of drug-likeness (QED) is 0.346. The summed E-state index contributed by atoms with van der Waals surface area (Å²) in [6, 6.07) is 1.97. The van der Waals surface area contributed by atoms with Crippen LogP contribution in [0.25, 0.3) is 0 Å². The summed E-state index contributed by atoms with van der Waals surface area (Å²) in [4.78, 5) is 30.6. The lowest BCUT2D eigenvalue weighted by Gasteiger charge is -2.57. The van der Waals surface area contributed by atoms with E-state index in [1.165, 1.54) is 13.3 Å². The number of hydrogen-bond acceptors (Lipinski definition) is 7. The van der Waals surface area contributed by atoms with Gasteiger partial charge < -0.3 is 21.6 Å². The number of aromatic nitrogens is 2. The van der Waals surface area contributed by atoms with E-state index in [1.807, 2.05) is 0 Å². The first-order valence-corrected chi connectivity index (χ1v) is 7.79. The van der Waals surface area contributed by atoms with Crippen molar-refractivity contribution in [2.24, 2.45) is 16.3 Å². The topological polar surface area (TPSA) is 143 Å². The molecule has 5 N–H and O–H groups in total. The number of nitrogens with zero attached hydrogens (tertiary/aromatic N) is 3. The van der Waals surface area contributed by atoms with Crippen LogP contribution in [-0.2, 0) is 4.79 Å². The number of carbonyl (C=O) groups is 2. The van der Waals surface area contributed by atoms with Gasteiger partial charge in [0, 0.05) is 18.2 Å². The number of primary amides is 1. The zero-order chi connectivity index (χ0) is 17.3. The Morgan fingerprint density at radius 1 is 1.29 bits per heavy atom. The largest absolute Gasteiger partial charge is 0.410 e. The smallest absolute Gasteiger partial charge is 0.268 e. The summed E-state index contributed by atoms with van der Waals surface area (Å²) in [7, 11) is 0. The van der Waals surface area contributed by atoms with Gasteiger partial charge >= 0.3 is 0 Å². The fourth-order valence-corrected chi connectivity index (χ4v) is 3.62. The van der Waals surface area contributed by atoms with E-state index in [0.717, 1.165) is 25.7 Å². The Hall–Kier alpha value is -2.71. The Morgan fingerprint density at radius 2 is 1.96 bits per heavy atom. The average molecular weight is 332 g/mol. The highest BCUT2D eigenvalue weighted by Crippen LogP contribution is 2.56. The molecule has 2 aliphatic rings. The SMILES string of the molecule is CC(=NO)C(=O)NC1CC2(C1)CC(Nc1cc(C(N)=O)ncn1)C2. The highest BCUT2D eigenvalue weighted by Gasteiger charge is 2.53. The second-order valence-corrected chi connectivity index (χ2v) is 6.67. The van der Waals surface area contributed by atoms with Gasteiger partial charge in [0.05, 0.1) is 0 Å². The van der Waals surface area contributed by atoms with E-state index >= 15 is 0 Å². The molecule has 3 rings (SSSR count). The normalized spacial score (nSPS) is 28.6. The molecule has 9 nitrogen and oxygen atoms in total. The van der Waals surface area contributed by atoms with Crippen molar-refractivity contribution in [2.75, 3.05) is 5.32 Å². The molecular weight excluding hydrogens is 312 g/mol. The Bertz CT molecular complexity index is 690. The minimum atomic E-state index is -0.579. The fraction of sp³-hybridized carbons (Fsp3) is 0.533. The number of nitrogens with one attached hydrogen (secondary N) is 2. The molecule has 1 heterocycles. The first-order valence-electron chi connectivity index (χ1n) is 7.79. The Kier molecular flexibility index (Phi) is 4.08. The number of carbonyl (C=O) groups excluding carboxylic acids is 2. The number of anilines is 1. The highest BCUT2D eigenvalue weighted by molar-refractivity contribution is 6.37. The van der Waals surface area contributed by atoms with Crippen LogP contribution in [0.4, 0.5) is 5.82 Å². The first-order chi connectivity index (χ1) is 11.4. The molecule has 1 aromatic rings. The van der Waals surface area contributed by atoms with Gasteiger partial charge in [-0.25, -0.2) is 9.97 Å². The number of amides is 2. The van der Waals surface area contributed by atoms with Crippen molar-refractivity contribution in [3.8, 4) is 0 Å². The molecule has 0 unspecified atom stereocenters. The van der Waals surface area contributed by atoms with Gasteiger partial charge in [-0.1, -0.05) is 5.16 Å². The molecule has 1 aromatic heterocycles. The van der Waals surface area contributed by atoms with E-state index in [1.54, 1.807) is 6.07 Å². The van der Waals surface area contributed by atoms with Crippen LogP contribution in [-0.4, -0.2) is 44.8 Å². The van der Waals surface area contributed by atoms with Crippen LogP contribution in [0, 0.1) is 5.41 Å². The van der Waals surface area contributed by atoms with Crippen molar-refractivity contribution in [3.63, 3.8) is 0 Å². The monoisotopic (exact) mass is 332 g/mol. The molecule has 0 radical (unpaired) electrons. The highest BCUT2D eigenvalue weighted by atomic mass is 16.4. The predicted molar refractivity (Wildman–Crippen MR) is 85.7 cm³/mol. The lowest BCUT2D eigenvalue weighted by Crippen LogP contribution is -2.59. The van der Waals surface area contributed by atoms with E-state index in [-0.39, 0.29) is 34.8 Å². The molecule has 2 aliphatic carbocycles. The summed E-state index contributed by atoms with van der Waals surface area (Å²) in [6.07, 6.45) is 5.14. The summed E-state index contributed by atoms with van der Waals surface area (Å²) in [5, 5.41) is 17.6. The lowest BCUT2D eigenvalue weighted by molar-refractivity contribution is -0.118. The van der Waals surface area contributed by atoms with Gasteiger partial charge in [0.2, 0.25) is 0 Å². The van der Waals surface area contributed by atoms with Gasteiger partial charge in [-0.15, -0.1) is 0 Å². The number of nitrogens with two attached hydrogens (primary N) is 1. The second kappa shape index (κ2) is 6.06. The maximum atomic E-state index is 11.6. The molecule has 9 heteroatoms. The van der Waals surface area contributed by atoms with Crippen LogP contribution in [0.3, 0.4) is 0 Å². The van der Waals surface area contributed by atoms with E-state index in [0.29, 0.717) is 5.82 Å². The van der Waals surface area contributed by atoms with Crippen LogP contribution in [0.5, 0.6) is 0 Å². The third-order valence-corrected chi connectivity index (χ3v) is 4.80. The van der Waals surface area contributed by atoms with Crippen molar-refractivity contribution in [1.29, 1.82) is 0 Å². The fourth-order valence-electron chi connectivity index (χ4n) is 3.62. The van der Waals surface area contributed by atoms with Crippen LogP contribution >= 0.6 is 0 Å². The summed E-state index contributed by atoms with van der Waals surface area (Å²) in [5.41, 5.74) is 5.72. The molecule has 24 heavy (non-hydrogen) atoms.